The van der Waals surface area contributed by atoms with E-state index in [2.05, 4.69) is 10.2 Å². The highest BCUT2D eigenvalue weighted by molar-refractivity contribution is 5.96. The first kappa shape index (κ1) is 21.7. The molecule has 0 unspecified atom stereocenters. The minimum absolute atomic E-state index is 0.145. The van der Waals surface area contributed by atoms with Crippen molar-refractivity contribution < 1.29 is 22.7 Å². The highest BCUT2D eigenvalue weighted by Crippen LogP contribution is 2.33. The van der Waals surface area contributed by atoms with Crippen molar-refractivity contribution in [1.82, 2.24) is 24.5 Å². The summed E-state index contributed by atoms with van der Waals surface area (Å²) in [4.78, 5) is 15.2. The molecule has 0 radical (unpaired) electrons. The molecule has 0 N–H and O–H groups in total. The molecule has 33 heavy (non-hydrogen) atoms. The van der Waals surface area contributed by atoms with Crippen LogP contribution in [0, 0.1) is 24.4 Å². The van der Waals surface area contributed by atoms with Crippen molar-refractivity contribution in [3.8, 4) is 11.3 Å². The summed E-state index contributed by atoms with van der Waals surface area (Å²) in [7, 11) is 1.66. The predicted molar refractivity (Wildman–Crippen MR) is 113 cm³/mol. The first-order valence-electron chi connectivity index (χ1n) is 10.7. The average Bonchev–Trinajstić information content (AvgIpc) is 3.24. The standard InChI is InChI=1S/C23H24F3N5O2/c1-12-19(18-10-33-23(2,3)11-31(18)27-12)22(32)30-6-5-14-17(9-30)28-29(4)21(14)13-7-15(24)20(26)16(25)8-13/h7-8H,5-6,9-11H2,1-4H3. The van der Waals surface area contributed by atoms with Gasteiger partial charge in [0, 0.05) is 24.7 Å². The fourth-order valence-electron chi connectivity index (χ4n) is 4.76. The van der Waals surface area contributed by atoms with Crippen LogP contribution in [0.5, 0.6) is 0 Å². The summed E-state index contributed by atoms with van der Waals surface area (Å²) in [5.74, 6) is -4.15. The molecule has 0 atom stereocenters. The Labute approximate surface area is 188 Å². The minimum Gasteiger partial charge on any atom is -0.367 e. The molecule has 4 heterocycles. The Balaban J connectivity index is 1.45. The second-order valence-corrected chi connectivity index (χ2v) is 9.24. The van der Waals surface area contributed by atoms with Crippen LogP contribution < -0.4 is 0 Å². The zero-order valence-electron chi connectivity index (χ0n) is 18.9. The summed E-state index contributed by atoms with van der Waals surface area (Å²) in [6.07, 6.45) is 0.455. The first-order valence-corrected chi connectivity index (χ1v) is 10.7. The molecular formula is C23H24F3N5O2. The summed E-state index contributed by atoms with van der Waals surface area (Å²) in [6.45, 7) is 7.32. The van der Waals surface area contributed by atoms with E-state index in [1.54, 1.807) is 11.9 Å². The van der Waals surface area contributed by atoms with Gasteiger partial charge < -0.3 is 9.64 Å². The lowest BCUT2D eigenvalue weighted by atomic mass is 9.98. The van der Waals surface area contributed by atoms with Gasteiger partial charge in [-0.25, -0.2) is 13.2 Å². The quantitative estimate of drug-likeness (QED) is 0.550. The third kappa shape index (κ3) is 3.52. The molecule has 0 saturated carbocycles. The number of carbonyl (C=O) groups excluding carboxylic acids is 1. The Morgan fingerprint density at radius 1 is 1.15 bits per heavy atom. The van der Waals surface area contributed by atoms with Crippen LogP contribution in [0.2, 0.25) is 0 Å². The number of carbonyl (C=O) groups is 1. The van der Waals surface area contributed by atoms with E-state index in [4.69, 9.17) is 4.74 Å². The van der Waals surface area contributed by atoms with E-state index >= 15 is 0 Å². The summed E-state index contributed by atoms with van der Waals surface area (Å²) in [5, 5.41) is 9.05. The number of halogens is 3. The molecule has 0 spiro atoms. The number of rotatable bonds is 2. The monoisotopic (exact) mass is 459 g/mol. The van der Waals surface area contributed by atoms with Gasteiger partial charge in [-0.2, -0.15) is 10.2 Å². The van der Waals surface area contributed by atoms with Crippen LogP contribution in [0.15, 0.2) is 12.1 Å². The Kier molecular flexibility index (Phi) is 4.89. The lowest BCUT2D eigenvalue weighted by Crippen LogP contribution is -2.39. The molecule has 5 rings (SSSR count). The predicted octanol–water partition coefficient (Wildman–Crippen LogP) is 3.52. The largest absolute Gasteiger partial charge is 0.367 e. The Morgan fingerprint density at radius 2 is 1.85 bits per heavy atom. The van der Waals surface area contributed by atoms with Crippen LogP contribution in [0.25, 0.3) is 11.3 Å². The highest BCUT2D eigenvalue weighted by Gasteiger charge is 2.35. The normalized spacial score (nSPS) is 17.1. The fourth-order valence-corrected chi connectivity index (χ4v) is 4.76. The van der Waals surface area contributed by atoms with Crippen molar-refractivity contribution in [3.05, 3.63) is 57.8 Å². The molecule has 7 nitrogen and oxygen atoms in total. The second-order valence-electron chi connectivity index (χ2n) is 9.24. The molecule has 3 aromatic rings. The van der Waals surface area contributed by atoms with Crippen LogP contribution in [0.1, 0.15) is 46.9 Å². The van der Waals surface area contributed by atoms with Crippen LogP contribution in [0.3, 0.4) is 0 Å². The number of nitrogens with zero attached hydrogens (tertiary/aromatic N) is 5. The SMILES string of the molecule is Cc1nn2c(c1C(=O)N1CCc3c(nn(C)c3-c3cc(F)c(F)c(F)c3)C1)COC(C)(C)C2. The number of benzene rings is 1. The molecule has 2 aromatic heterocycles. The van der Waals surface area contributed by atoms with Gasteiger partial charge in [0.2, 0.25) is 0 Å². The van der Waals surface area contributed by atoms with Crippen molar-refractivity contribution in [2.24, 2.45) is 7.05 Å². The maximum atomic E-state index is 13.8. The van der Waals surface area contributed by atoms with Gasteiger partial charge >= 0.3 is 0 Å². The number of amides is 1. The van der Waals surface area contributed by atoms with Crippen molar-refractivity contribution >= 4 is 5.91 Å². The molecule has 2 aliphatic rings. The number of aromatic nitrogens is 4. The average molecular weight is 459 g/mol. The van der Waals surface area contributed by atoms with Gasteiger partial charge in [-0.15, -0.1) is 0 Å². The summed E-state index contributed by atoms with van der Waals surface area (Å²) in [5.41, 5.74) is 3.79. The Bertz CT molecular complexity index is 1270. The molecule has 0 aliphatic carbocycles. The van der Waals surface area contributed by atoms with E-state index in [0.29, 0.717) is 48.8 Å². The van der Waals surface area contributed by atoms with Gasteiger partial charge in [-0.3, -0.25) is 14.2 Å². The fraction of sp³-hybridized carbons (Fsp3) is 0.435. The highest BCUT2D eigenvalue weighted by atomic mass is 19.2. The summed E-state index contributed by atoms with van der Waals surface area (Å²) < 4.78 is 50.4. The molecule has 0 saturated heterocycles. The molecule has 10 heteroatoms. The lowest BCUT2D eigenvalue weighted by molar-refractivity contribution is -0.0664. The maximum absolute atomic E-state index is 13.8. The maximum Gasteiger partial charge on any atom is 0.258 e. The molecule has 2 aliphatic heterocycles. The van der Waals surface area contributed by atoms with Gasteiger partial charge in [-0.05, 0) is 39.3 Å². The van der Waals surface area contributed by atoms with Crippen LogP contribution >= 0.6 is 0 Å². The summed E-state index contributed by atoms with van der Waals surface area (Å²) in [6, 6.07) is 1.94. The van der Waals surface area contributed by atoms with Crippen LogP contribution in [0.4, 0.5) is 13.2 Å². The third-order valence-corrected chi connectivity index (χ3v) is 6.32. The van der Waals surface area contributed by atoms with E-state index in [9.17, 15) is 18.0 Å². The topological polar surface area (TPSA) is 65.2 Å². The van der Waals surface area contributed by atoms with Gasteiger partial charge in [0.25, 0.3) is 5.91 Å². The third-order valence-electron chi connectivity index (χ3n) is 6.32. The second kappa shape index (κ2) is 7.44. The van der Waals surface area contributed by atoms with E-state index < -0.39 is 17.5 Å². The zero-order chi connectivity index (χ0) is 23.7. The molecule has 0 fully saturated rings. The smallest absolute Gasteiger partial charge is 0.258 e. The Hall–Kier alpha value is -3.14. The molecule has 1 aromatic carbocycles. The zero-order valence-corrected chi connectivity index (χ0v) is 18.9. The Morgan fingerprint density at radius 3 is 2.55 bits per heavy atom. The van der Waals surface area contributed by atoms with Crippen molar-refractivity contribution in [1.29, 1.82) is 0 Å². The minimum atomic E-state index is -1.50. The van der Waals surface area contributed by atoms with Gasteiger partial charge in [0.05, 0.1) is 53.6 Å². The first-order chi connectivity index (χ1) is 15.6. The van der Waals surface area contributed by atoms with E-state index in [0.717, 1.165) is 23.4 Å². The number of hydrogen-bond acceptors (Lipinski definition) is 4. The van der Waals surface area contributed by atoms with Crippen molar-refractivity contribution in [3.63, 3.8) is 0 Å². The molecule has 1 amide bonds. The number of ether oxygens (including phenoxy) is 1. The molecule has 174 valence electrons. The summed E-state index contributed by atoms with van der Waals surface area (Å²) >= 11 is 0. The number of aryl methyl sites for hydroxylation is 2. The van der Waals surface area contributed by atoms with Crippen molar-refractivity contribution in [2.45, 2.75) is 52.5 Å². The van der Waals surface area contributed by atoms with Crippen LogP contribution in [-0.2, 0) is 37.9 Å². The molecule has 0 bridgehead atoms. The van der Waals surface area contributed by atoms with Gasteiger partial charge in [0.15, 0.2) is 17.5 Å². The van der Waals surface area contributed by atoms with E-state index in [-0.39, 0.29) is 23.6 Å². The number of hydrogen-bond donors (Lipinski definition) is 0. The molecular weight excluding hydrogens is 435 g/mol. The van der Waals surface area contributed by atoms with Crippen LogP contribution in [-0.4, -0.2) is 42.5 Å². The lowest BCUT2D eigenvalue weighted by Gasteiger charge is -2.32. The van der Waals surface area contributed by atoms with Gasteiger partial charge in [-0.1, -0.05) is 0 Å². The number of fused-ring (bicyclic) bond motifs is 2. The van der Waals surface area contributed by atoms with E-state index in [1.165, 1.54) is 4.68 Å². The van der Waals surface area contributed by atoms with Crippen molar-refractivity contribution in [2.75, 3.05) is 6.54 Å². The van der Waals surface area contributed by atoms with Gasteiger partial charge in [0.1, 0.15) is 0 Å². The van der Waals surface area contributed by atoms with E-state index in [1.807, 2.05) is 25.5 Å².